The third kappa shape index (κ3) is 6.44. The van der Waals surface area contributed by atoms with Gasteiger partial charge in [0.15, 0.2) is 0 Å². The molecule has 3 rings (SSSR count). The predicted octanol–water partition coefficient (Wildman–Crippen LogP) is 5.66. The van der Waals surface area contributed by atoms with E-state index in [-0.39, 0.29) is 13.2 Å². The summed E-state index contributed by atoms with van der Waals surface area (Å²) in [6, 6.07) is 10.8. The molecule has 1 unspecified atom stereocenters. The first-order chi connectivity index (χ1) is 16.6. The van der Waals surface area contributed by atoms with Crippen LogP contribution in [0.5, 0.6) is 0 Å². The Morgan fingerprint density at radius 2 is 1.44 bits per heavy atom. The zero-order chi connectivity index (χ0) is 24.5. The van der Waals surface area contributed by atoms with Crippen LogP contribution in [0.1, 0.15) is 80.7 Å². The Hall–Kier alpha value is -1.37. The fourth-order valence-electron chi connectivity index (χ4n) is 5.32. The highest BCUT2D eigenvalue weighted by Gasteiger charge is 2.30. The Balaban J connectivity index is 1.97. The maximum atomic E-state index is 10.2. The van der Waals surface area contributed by atoms with Crippen molar-refractivity contribution in [3.63, 3.8) is 0 Å². The minimum atomic E-state index is 0.0738. The minimum Gasteiger partial charge on any atom is -0.392 e. The molecule has 0 amide bonds. The number of hydrogen-bond donors (Lipinski definition) is 2. The third-order valence-electron chi connectivity index (χ3n) is 7.44. The molecule has 5 heteroatoms. The number of nitrogens with zero attached hydrogens (tertiary/aromatic N) is 2. The standard InChI is InChI=1S/C29H44N2O2S/c1-5-30(6-2)17-9-11-24-23(21-33)14-16-28-29(24)25(12-10-18-31(7-3)8-4)26-19-22(20-32)13-15-27(26)34-28/h13-16,19,25,32-33H,5-12,17-18,20-21H2,1-4H3. The van der Waals surface area contributed by atoms with Crippen molar-refractivity contribution in [2.75, 3.05) is 39.3 Å². The van der Waals surface area contributed by atoms with Gasteiger partial charge in [0.05, 0.1) is 13.2 Å². The molecule has 1 heterocycles. The number of rotatable bonds is 14. The van der Waals surface area contributed by atoms with E-state index in [0.29, 0.717) is 5.92 Å². The second-order valence-electron chi connectivity index (χ2n) is 9.26. The van der Waals surface area contributed by atoms with Crippen LogP contribution in [0.25, 0.3) is 0 Å². The van der Waals surface area contributed by atoms with E-state index in [1.807, 2.05) is 11.8 Å². The summed E-state index contributed by atoms with van der Waals surface area (Å²) in [4.78, 5) is 7.63. The zero-order valence-electron chi connectivity index (χ0n) is 21.6. The van der Waals surface area contributed by atoms with Crippen LogP contribution in [0.4, 0.5) is 0 Å². The first-order valence-electron chi connectivity index (χ1n) is 13.2. The molecule has 0 aliphatic carbocycles. The molecule has 0 bridgehead atoms. The van der Waals surface area contributed by atoms with E-state index in [1.54, 1.807) is 0 Å². The molecule has 34 heavy (non-hydrogen) atoms. The maximum Gasteiger partial charge on any atom is 0.0684 e. The highest BCUT2D eigenvalue weighted by Crippen LogP contribution is 2.50. The Bertz CT molecular complexity index is 909. The van der Waals surface area contributed by atoms with Gasteiger partial charge in [-0.25, -0.2) is 0 Å². The van der Waals surface area contributed by atoms with Crippen LogP contribution >= 0.6 is 11.8 Å². The van der Waals surface area contributed by atoms with Crippen LogP contribution < -0.4 is 0 Å². The molecular formula is C29H44N2O2S. The fraction of sp³-hybridized carbons (Fsp3) is 0.586. The molecular weight excluding hydrogens is 440 g/mol. The zero-order valence-corrected chi connectivity index (χ0v) is 22.5. The van der Waals surface area contributed by atoms with E-state index in [2.05, 4.69) is 67.8 Å². The number of fused-ring (bicyclic) bond motifs is 2. The summed E-state index contributed by atoms with van der Waals surface area (Å²) in [6.07, 6.45) is 4.33. The van der Waals surface area contributed by atoms with Gasteiger partial charge < -0.3 is 20.0 Å². The van der Waals surface area contributed by atoms with E-state index >= 15 is 0 Å². The molecule has 0 aromatic heterocycles. The monoisotopic (exact) mass is 484 g/mol. The van der Waals surface area contributed by atoms with Crippen LogP contribution in [-0.4, -0.2) is 59.3 Å². The summed E-state index contributed by atoms with van der Waals surface area (Å²) < 4.78 is 0. The average Bonchev–Trinajstić information content (AvgIpc) is 2.88. The molecule has 2 N–H and O–H groups in total. The van der Waals surface area contributed by atoms with Crippen molar-refractivity contribution in [1.29, 1.82) is 0 Å². The molecule has 0 saturated heterocycles. The van der Waals surface area contributed by atoms with Gasteiger partial charge in [0, 0.05) is 15.7 Å². The van der Waals surface area contributed by atoms with Gasteiger partial charge in [0.1, 0.15) is 0 Å². The van der Waals surface area contributed by atoms with Crippen LogP contribution in [0.15, 0.2) is 40.1 Å². The van der Waals surface area contributed by atoms with Crippen LogP contribution in [0.2, 0.25) is 0 Å². The minimum absolute atomic E-state index is 0.0738. The van der Waals surface area contributed by atoms with Gasteiger partial charge in [0.25, 0.3) is 0 Å². The topological polar surface area (TPSA) is 46.9 Å². The Morgan fingerprint density at radius 1 is 0.794 bits per heavy atom. The second kappa shape index (κ2) is 13.6. The molecule has 0 saturated carbocycles. The van der Waals surface area contributed by atoms with Crippen molar-refractivity contribution in [1.82, 2.24) is 9.80 Å². The van der Waals surface area contributed by atoms with E-state index in [4.69, 9.17) is 0 Å². The molecule has 0 radical (unpaired) electrons. The largest absolute Gasteiger partial charge is 0.392 e. The van der Waals surface area contributed by atoms with Crippen molar-refractivity contribution in [2.45, 2.75) is 82.3 Å². The molecule has 1 atom stereocenters. The highest BCUT2D eigenvalue weighted by atomic mass is 32.2. The normalized spacial score (nSPS) is 15.1. The Morgan fingerprint density at radius 3 is 2.06 bits per heavy atom. The second-order valence-corrected chi connectivity index (χ2v) is 10.3. The number of benzene rings is 2. The van der Waals surface area contributed by atoms with Crippen LogP contribution in [-0.2, 0) is 19.6 Å². The van der Waals surface area contributed by atoms with Gasteiger partial charge in [-0.2, -0.15) is 0 Å². The first kappa shape index (κ1) is 27.2. The number of aliphatic hydroxyl groups is 2. The fourth-order valence-corrected chi connectivity index (χ4v) is 6.52. The lowest BCUT2D eigenvalue weighted by molar-refractivity contribution is 0.278. The quantitative estimate of drug-likeness (QED) is 0.362. The lowest BCUT2D eigenvalue weighted by atomic mass is 9.81. The SMILES string of the molecule is CCN(CC)CCCc1c(CO)ccc2c1C(CCCN(CC)CC)c1cc(CO)ccc1S2. The van der Waals surface area contributed by atoms with Crippen LogP contribution in [0.3, 0.4) is 0 Å². The molecule has 1 aliphatic heterocycles. The molecule has 0 fully saturated rings. The van der Waals surface area contributed by atoms with E-state index in [1.165, 1.54) is 26.5 Å². The van der Waals surface area contributed by atoms with Gasteiger partial charge in [-0.05, 0) is 105 Å². The van der Waals surface area contributed by atoms with Crippen molar-refractivity contribution < 1.29 is 10.2 Å². The summed E-state index contributed by atoms with van der Waals surface area (Å²) in [5, 5.41) is 20.1. The molecule has 4 nitrogen and oxygen atoms in total. The Kier molecular flexibility index (Phi) is 10.9. The molecule has 0 spiro atoms. The number of hydrogen-bond acceptors (Lipinski definition) is 5. The van der Waals surface area contributed by atoms with Gasteiger partial charge in [-0.3, -0.25) is 0 Å². The van der Waals surface area contributed by atoms with E-state index < -0.39 is 0 Å². The van der Waals surface area contributed by atoms with Crippen molar-refractivity contribution >= 4 is 11.8 Å². The molecule has 188 valence electrons. The van der Waals surface area contributed by atoms with Crippen LogP contribution in [0, 0.1) is 0 Å². The number of aliphatic hydroxyl groups excluding tert-OH is 2. The van der Waals surface area contributed by atoms with Gasteiger partial charge in [0.2, 0.25) is 0 Å². The third-order valence-corrected chi connectivity index (χ3v) is 8.61. The van der Waals surface area contributed by atoms with E-state index in [0.717, 1.165) is 76.1 Å². The molecule has 2 aromatic carbocycles. The molecule has 1 aliphatic rings. The summed E-state index contributed by atoms with van der Waals surface area (Å²) in [6.45, 7) is 15.6. The van der Waals surface area contributed by atoms with Gasteiger partial charge in [-0.1, -0.05) is 57.7 Å². The lowest BCUT2D eigenvalue weighted by Crippen LogP contribution is -2.25. The van der Waals surface area contributed by atoms with Gasteiger partial charge >= 0.3 is 0 Å². The Labute approximate surface area is 211 Å². The summed E-state index contributed by atoms with van der Waals surface area (Å²) in [5.74, 6) is 0.309. The van der Waals surface area contributed by atoms with Crippen molar-refractivity contribution in [3.8, 4) is 0 Å². The van der Waals surface area contributed by atoms with Crippen molar-refractivity contribution in [2.24, 2.45) is 0 Å². The average molecular weight is 485 g/mol. The molecule has 2 aromatic rings. The smallest absolute Gasteiger partial charge is 0.0684 e. The first-order valence-corrected chi connectivity index (χ1v) is 14.0. The summed E-state index contributed by atoms with van der Waals surface area (Å²) in [5.41, 5.74) is 6.20. The van der Waals surface area contributed by atoms with E-state index in [9.17, 15) is 10.2 Å². The predicted molar refractivity (Wildman–Crippen MR) is 144 cm³/mol. The lowest BCUT2D eigenvalue weighted by Gasteiger charge is -2.32. The van der Waals surface area contributed by atoms with Crippen molar-refractivity contribution in [3.05, 3.63) is 58.1 Å². The summed E-state index contributed by atoms with van der Waals surface area (Å²) in [7, 11) is 0. The maximum absolute atomic E-state index is 10.2. The van der Waals surface area contributed by atoms with Gasteiger partial charge in [-0.15, -0.1) is 0 Å². The highest BCUT2D eigenvalue weighted by molar-refractivity contribution is 7.99. The summed E-state index contributed by atoms with van der Waals surface area (Å²) >= 11 is 1.85.